The number of ether oxygens (including phenoxy) is 1. The molecule has 18 heavy (non-hydrogen) atoms. The Labute approximate surface area is 107 Å². The van der Waals surface area contributed by atoms with Crippen LogP contribution in [0.1, 0.15) is 18.1 Å². The van der Waals surface area contributed by atoms with Crippen LogP contribution in [0.5, 0.6) is 5.75 Å². The average molecular weight is 243 g/mol. The largest absolute Gasteiger partial charge is 0.489 e. The summed E-state index contributed by atoms with van der Waals surface area (Å²) in [5, 5.41) is 9.29. The number of aromatic nitrogens is 1. The summed E-state index contributed by atoms with van der Waals surface area (Å²) < 4.78 is 5.66. The Morgan fingerprint density at radius 1 is 1.06 bits per heavy atom. The highest BCUT2D eigenvalue weighted by Crippen LogP contribution is 2.15. The van der Waals surface area contributed by atoms with Crippen LogP contribution in [0.3, 0.4) is 0 Å². The average Bonchev–Trinajstić information content (AvgIpc) is 2.38. The molecule has 2 rings (SSSR count). The van der Waals surface area contributed by atoms with Crippen molar-refractivity contribution in [1.82, 2.24) is 4.98 Å². The van der Waals surface area contributed by atoms with E-state index in [2.05, 4.69) is 4.98 Å². The zero-order valence-corrected chi connectivity index (χ0v) is 10.4. The SMILES string of the molecule is CC(O)Cc1ccc(OCc2ccncc2)cc1. The van der Waals surface area contributed by atoms with Crippen molar-refractivity contribution in [1.29, 1.82) is 0 Å². The van der Waals surface area contributed by atoms with Gasteiger partial charge < -0.3 is 9.84 Å². The predicted octanol–water partition coefficient (Wildman–Crippen LogP) is 2.58. The van der Waals surface area contributed by atoms with Gasteiger partial charge in [-0.25, -0.2) is 0 Å². The van der Waals surface area contributed by atoms with Crippen LogP contribution in [-0.4, -0.2) is 16.2 Å². The summed E-state index contributed by atoms with van der Waals surface area (Å²) in [6, 6.07) is 11.7. The van der Waals surface area contributed by atoms with Gasteiger partial charge in [0, 0.05) is 12.4 Å². The molecule has 0 saturated heterocycles. The van der Waals surface area contributed by atoms with Crippen LogP contribution in [0.4, 0.5) is 0 Å². The van der Waals surface area contributed by atoms with E-state index >= 15 is 0 Å². The predicted molar refractivity (Wildman–Crippen MR) is 70.4 cm³/mol. The van der Waals surface area contributed by atoms with Crippen molar-refractivity contribution >= 4 is 0 Å². The van der Waals surface area contributed by atoms with Gasteiger partial charge >= 0.3 is 0 Å². The van der Waals surface area contributed by atoms with Crippen LogP contribution < -0.4 is 4.74 Å². The second kappa shape index (κ2) is 6.17. The third kappa shape index (κ3) is 3.86. The van der Waals surface area contributed by atoms with E-state index in [9.17, 15) is 5.11 Å². The molecule has 0 aliphatic heterocycles. The van der Waals surface area contributed by atoms with Gasteiger partial charge in [-0.15, -0.1) is 0 Å². The Hall–Kier alpha value is -1.87. The first-order valence-electron chi connectivity index (χ1n) is 6.03. The molecule has 1 aromatic heterocycles. The van der Waals surface area contributed by atoms with Crippen LogP contribution in [0.2, 0.25) is 0 Å². The van der Waals surface area contributed by atoms with E-state index < -0.39 is 0 Å². The quantitative estimate of drug-likeness (QED) is 0.877. The number of rotatable bonds is 5. The van der Waals surface area contributed by atoms with Gasteiger partial charge in [0.15, 0.2) is 0 Å². The topological polar surface area (TPSA) is 42.4 Å². The lowest BCUT2D eigenvalue weighted by atomic mass is 10.1. The van der Waals surface area contributed by atoms with E-state index in [1.54, 1.807) is 19.3 Å². The standard InChI is InChI=1S/C15H17NO2/c1-12(17)10-13-2-4-15(5-3-13)18-11-14-6-8-16-9-7-14/h2-9,12,17H,10-11H2,1H3. The van der Waals surface area contributed by atoms with Gasteiger partial charge in [-0.2, -0.15) is 0 Å². The zero-order valence-electron chi connectivity index (χ0n) is 10.4. The number of aliphatic hydroxyl groups is 1. The van der Waals surface area contributed by atoms with Crippen LogP contribution in [0.25, 0.3) is 0 Å². The molecule has 1 atom stereocenters. The van der Waals surface area contributed by atoms with Gasteiger partial charge in [-0.05, 0) is 48.7 Å². The summed E-state index contributed by atoms with van der Waals surface area (Å²) in [6.07, 6.45) is 3.87. The van der Waals surface area contributed by atoms with Gasteiger partial charge in [-0.1, -0.05) is 12.1 Å². The Bertz CT molecular complexity index is 466. The molecule has 1 heterocycles. The Morgan fingerprint density at radius 2 is 1.72 bits per heavy atom. The van der Waals surface area contributed by atoms with Gasteiger partial charge in [0.05, 0.1) is 6.10 Å². The first kappa shape index (κ1) is 12.6. The van der Waals surface area contributed by atoms with E-state index in [1.165, 1.54) is 0 Å². The molecule has 0 radical (unpaired) electrons. The molecular weight excluding hydrogens is 226 g/mol. The maximum absolute atomic E-state index is 9.29. The van der Waals surface area contributed by atoms with Crippen molar-refractivity contribution in [3.63, 3.8) is 0 Å². The summed E-state index contributed by atoms with van der Waals surface area (Å²) in [4.78, 5) is 3.96. The third-order valence-corrected chi connectivity index (χ3v) is 2.61. The lowest BCUT2D eigenvalue weighted by Crippen LogP contribution is -2.03. The minimum Gasteiger partial charge on any atom is -0.489 e. The normalized spacial score (nSPS) is 12.1. The van der Waals surface area contributed by atoms with Crippen LogP contribution >= 0.6 is 0 Å². The molecule has 94 valence electrons. The summed E-state index contributed by atoms with van der Waals surface area (Å²) in [7, 11) is 0. The van der Waals surface area contributed by atoms with E-state index in [1.807, 2.05) is 36.4 Å². The highest BCUT2D eigenvalue weighted by Gasteiger charge is 2.00. The van der Waals surface area contributed by atoms with E-state index in [0.717, 1.165) is 16.9 Å². The maximum Gasteiger partial charge on any atom is 0.119 e. The van der Waals surface area contributed by atoms with Gasteiger partial charge in [0.1, 0.15) is 12.4 Å². The van der Waals surface area contributed by atoms with Gasteiger partial charge in [0.2, 0.25) is 0 Å². The van der Waals surface area contributed by atoms with Crippen molar-refractivity contribution < 1.29 is 9.84 Å². The van der Waals surface area contributed by atoms with Gasteiger partial charge in [-0.3, -0.25) is 4.98 Å². The first-order chi connectivity index (χ1) is 8.74. The monoisotopic (exact) mass is 243 g/mol. The lowest BCUT2D eigenvalue weighted by Gasteiger charge is -2.08. The fourth-order valence-corrected chi connectivity index (χ4v) is 1.71. The number of aliphatic hydroxyl groups excluding tert-OH is 1. The number of hydrogen-bond donors (Lipinski definition) is 1. The summed E-state index contributed by atoms with van der Waals surface area (Å²) in [5.74, 6) is 0.834. The van der Waals surface area contributed by atoms with Crippen LogP contribution in [0, 0.1) is 0 Å². The molecule has 1 unspecified atom stereocenters. The second-order valence-corrected chi connectivity index (χ2v) is 4.34. The first-order valence-corrected chi connectivity index (χ1v) is 6.03. The van der Waals surface area contributed by atoms with Crippen molar-refractivity contribution in [2.75, 3.05) is 0 Å². The van der Waals surface area contributed by atoms with Crippen molar-refractivity contribution in [3.8, 4) is 5.75 Å². The Morgan fingerprint density at radius 3 is 2.33 bits per heavy atom. The fourth-order valence-electron chi connectivity index (χ4n) is 1.71. The van der Waals surface area contributed by atoms with Gasteiger partial charge in [0.25, 0.3) is 0 Å². The number of nitrogens with zero attached hydrogens (tertiary/aromatic N) is 1. The van der Waals surface area contributed by atoms with Crippen LogP contribution in [-0.2, 0) is 13.0 Å². The molecule has 0 aliphatic rings. The number of benzene rings is 1. The molecule has 1 aromatic carbocycles. The molecule has 1 N–H and O–H groups in total. The molecule has 3 heteroatoms. The van der Waals surface area contributed by atoms with Crippen LogP contribution in [0.15, 0.2) is 48.8 Å². The molecule has 2 aromatic rings. The smallest absolute Gasteiger partial charge is 0.119 e. The Kier molecular flexibility index (Phi) is 4.31. The molecule has 0 spiro atoms. The molecule has 0 saturated carbocycles. The van der Waals surface area contributed by atoms with Crippen molar-refractivity contribution in [2.45, 2.75) is 26.1 Å². The molecule has 0 amide bonds. The van der Waals surface area contributed by atoms with Crippen molar-refractivity contribution in [2.24, 2.45) is 0 Å². The van der Waals surface area contributed by atoms with E-state index in [4.69, 9.17) is 4.74 Å². The van der Waals surface area contributed by atoms with Crippen molar-refractivity contribution in [3.05, 3.63) is 59.9 Å². The highest BCUT2D eigenvalue weighted by molar-refractivity contribution is 5.28. The number of pyridine rings is 1. The fraction of sp³-hybridized carbons (Fsp3) is 0.267. The summed E-state index contributed by atoms with van der Waals surface area (Å²) in [5.41, 5.74) is 2.21. The molecule has 3 nitrogen and oxygen atoms in total. The third-order valence-electron chi connectivity index (χ3n) is 2.61. The molecule has 0 aliphatic carbocycles. The zero-order chi connectivity index (χ0) is 12.8. The van der Waals surface area contributed by atoms with E-state index in [-0.39, 0.29) is 6.10 Å². The summed E-state index contributed by atoms with van der Waals surface area (Å²) >= 11 is 0. The van der Waals surface area contributed by atoms with E-state index in [0.29, 0.717) is 13.0 Å². The second-order valence-electron chi connectivity index (χ2n) is 4.34. The summed E-state index contributed by atoms with van der Waals surface area (Å²) in [6.45, 7) is 2.33. The molecule has 0 fully saturated rings. The minimum absolute atomic E-state index is 0.311. The minimum atomic E-state index is -0.311. The highest BCUT2D eigenvalue weighted by atomic mass is 16.5. The number of hydrogen-bond acceptors (Lipinski definition) is 3. The lowest BCUT2D eigenvalue weighted by molar-refractivity contribution is 0.195. The molecular formula is C15H17NO2. The Balaban J connectivity index is 1.90. The maximum atomic E-state index is 9.29. The molecule has 0 bridgehead atoms.